The molecule has 2 aliphatic rings. The Labute approximate surface area is 122 Å². The summed E-state index contributed by atoms with van der Waals surface area (Å²) >= 11 is 0. The second kappa shape index (κ2) is 7.26. The Hall–Kier alpha value is -0.830. The maximum atomic E-state index is 12.1. The van der Waals surface area contributed by atoms with E-state index < -0.39 is 0 Å². The number of rotatable bonds is 5. The SMILES string of the molecule is C=C(COC1CCCCC1)C(=O)OC1(C)CCCCC1. The van der Waals surface area contributed by atoms with Crippen molar-refractivity contribution in [1.29, 1.82) is 0 Å². The van der Waals surface area contributed by atoms with E-state index in [4.69, 9.17) is 9.47 Å². The highest BCUT2D eigenvalue weighted by molar-refractivity contribution is 5.88. The quantitative estimate of drug-likeness (QED) is 0.560. The van der Waals surface area contributed by atoms with Crippen molar-refractivity contribution in [2.75, 3.05) is 6.61 Å². The summed E-state index contributed by atoms with van der Waals surface area (Å²) in [4.78, 5) is 12.1. The molecular formula is C17H28O3. The third-order valence-corrected chi connectivity index (χ3v) is 4.58. The first kappa shape index (κ1) is 15.6. The number of carbonyl (C=O) groups is 1. The molecule has 0 aromatic rings. The summed E-state index contributed by atoms with van der Waals surface area (Å²) in [7, 11) is 0. The van der Waals surface area contributed by atoms with Crippen molar-refractivity contribution in [2.45, 2.75) is 82.8 Å². The number of carbonyl (C=O) groups excluding carboxylic acids is 1. The monoisotopic (exact) mass is 280 g/mol. The van der Waals surface area contributed by atoms with Gasteiger partial charge in [0.15, 0.2) is 0 Å². The summed E-state index contributed by atoms with van der Waals surface area (Å²) in [5, 5.41) is 0. The van der Waals surface area contributed by atoms with E-state index in [1.807, 2.05) is 6.92 Å². The summed E-state index contributed by atoms with van der Waals surface area (Å²) in [6.45, 7) is 6.20. The summed E-state index contributed by atoms with van der Waals surface area (Å²) in [5.41, 5.74) is 0.172. The molecule has 0 unspecified atom stereocenters. The van der Waals surface area contributed by atoms with Crippen LogP contribution in [0.3, 0.4) is 0 Å². The predicted octanol–water partition coefficient (Wildman–Crippen LogP) is 4.16. The second-order valence-corrected chi connectivity index (χ2v) is 6.57. The minimum atomic E-state index is -0.289. The van der Waals surface area contributed by atoms with Crippen LogP contribution in [-0.2, 0) is 14.3 Å². The summed E-state index contributed by atoms with van der Waals surface area (Å²) in [5.74, 6) is -0.273. The zero-order chi connectivity index (χ0) is 14.4. The van der Waals surface area contributed by atoms with Crippen LogP contribution in [0.1, 0.15) is 71.1 Å². The van der Waals surface area contributed by atoms with Gasteiger partial charge in [0.25, 0.3) is 0 Å². The van der Waals surface area contributed by atoms with Gasteiger partial charge in [0.1, 0.15) is 5.60 Å². The molecule has 0 bridgehead atoms. The van der Waals surface area contributed by atoms with Crippen LogP contribution >= 0.6 is 0 Å². The van der Waals surface area contributed by atoms with Crippen LogP contribution in [-0.4, -0.2) is 24.3 Å². The van der Waals surface area contributed by atoms with Gasteiger partial charge < -0.3 is 9.47 Å². The zero-order valence-electron chi connectivity index (χ0n) is 12.8. The molecule has 0 saturated heterocycles. The molecule has 3 nitrogen and oxygen atoms in total. The standard InChI is InChI=1S/C17H28O3/c1-14(13-19-15-9-5-3-6-10-15)16(18)20-17(2)11-7-4-8-12-17/h15H,1,3-13H2,2H3. The van der Waals surface area contributed by atoms with Crippen LogP contribution < -0.4 is 0 Å². The van der Waals surface area contributed by atoms with Gasteiger partial charge in [-0.25, -0.2) is 4.79 Å². The molecule has 2 saturated carbocycles. The van der Waals surface area contributed by atoms with E-state index in [-0.39, 0.29) is 11.6 Å². The molecule has 0 aromatic heterocycles. The van der Waals surface area contributed by atoms with E-state index in [2.05, 4.69) is 6.58 Å². The molecule has 20 heavy (non-hydrogen) atoms. The average molecular weight is 280 g/mol. The molecular weight excluding hydrogens is 252 g/mol. The molecule has 2 rings (SSSR count). The van der Waals surface area contributed by atoms with Gasteiger partial charge in [-0.05, 0) is 45.4 Å². The van der Waals surface area contributed by atoms with Crippen molar-refractivity contribution in [3.8, 4) is 0 Å². The van der Waals surface area contributed by atoms with Crippen molar-refractivity contribution >= 4 is 5.97 Å². The largest absolute Gasteiger partial charge is 0.456 e. The maximum absolute atomic E-state index is 12.1. The molecule has 3 heteroatoms. The summed E-state index contributed by atoms with van der Waals surface area (Å²) in [6, 6.07) is 0. The lowest BCUT2D eigenvalue weighted by Crippen LogP contribution is -2.35. The molecule has 0 aromatic carbocycles. The third-order valence-electron chi connectivity index (χ3n) is 4.58. The molecule has 0 spiro atoms. The Kier molecular flexibility index (Phi) is 5.64. The average Bonchev–Trinajstić information content (AvgIpc) is 2.46. The van der Waals surface area contributed by atoms with Gasteiger partial charge in [0, 0.05) is 0 Å². The van der Waals surface area contributed by atoms with E-state index in [1.165, 1.54) is 25.7 Å². The fraction of sp³-hybridized carbons (Fsp3) is 0.824. The summed E-state index contributed by atoms with van der Waals surface area (Å²) in [6.07, 6.45) is 11.8. The third kappa shape index (κ3) is 4.62. The zero-order valence-corrected chi connectivity index (χ0v) is 12.8. The molecule has 2 aliphatic carbocycles. The topological polar surface area (TPSA) is 35.5 Å². The number of esters is 1. The van der Waals surface area contributed by atoms with E-state index >= 15 is 0 Å². The van der Waals surface area contributed by atoms with Gasteiger partial charge in [-0.1, -0.05) is 32.3 Å². The Morgan fingerprint density at radius 1 is 1.10 bits per heavy atom. The molecule has 0 aliphatic heterocycles. The van der Waals surface area contributed by atoms with Crippen LogP contribution in [0.4, 0.5) is 0 Å². The van der Waals surface area contributed by atoms with Crippen molar-refractivity contribution < 1.29 is 14.3 Å². The van der Waals surface area contributed by atoms with Gasteiger partial charge >= 0.3 is 5.97 Å². The Balaban J connectivity index is 1.72. The molecule has 2 fully saturated rings. The maximum Gasteiger partial charge on any atom is 0.336 e. The number of hydrogen-bond donors (Lipinski definition) is 0. The number of hydrogen-bond acceptors (Lipinski definition) is 3. The van der Waals surface area contributed by atoms with Crippen molar-refractivity contribution in [1.82, 2.24) is 0 Å². The highest BCUT2D eigenvalue weighted by Gasteiger charge is 2.31. The Morgan fingerprint density at radius 2 is 1.70 bits per heavy atom. The van der Waals surface area contributed by atoms with E-state index in [0.29, 0.717) is 18.3 Å². The smallest absolute Gasteiger partial charge is 0.336 e. The van der Waals surface area contributed by atoms with Crippen molar-refractivity contribution in [2.24, 2.45) is 0 Å². The summed E-state index contributed by atoms with van der Waals surface area (Å²) < 4.78 is 11.4. The van der Waals surface area contributed by atoms with Crippen LogP contribution in [0.5, 0.6) is 0 Å². The molecule has 0 radical (unpaired) electrons. The van der Waals surface area contributed by atoms with Crippen LogP contribution in [0.25, 0.3) is 0 Å². The highest BCUT2D eigenvalue weighted by atomic mass is 16.6. The van der Waals surface area contributed by atoms with Crippen LogP contribution in [0.15, 0.2) is 12.2 Å². The van der Waals surface area contributed by atoms with Gasteiger partial charge in [0.2, 0.25) is 0 Å². The molecule has 0 amide bonds. The number of ether oxygens (including phenoxy) is 2. The fourth-order valence-corrected chi connectivity index (χ4v) is 3.21. The van der Waals surface area contributed by atoms with E-state index in [9.17, 15) is 4.79 Å². The predicted molar refractivity (Wildman–Crippen MR) is 79.5 cm³/mol. The Bertz CT molecular complexity index is 336. The van der Waals surface area contributed by atoms with Crippen LogP contribution in [0, 0.1) is 0 Å². The molecule has 0 heterocycles. The molecule has 114 valence electrons. The van der Waals surface area contributed by atoms with E-state index in [0.717, 1.165) is 38.5 Å². The van der Waals surface area contributed by atoms with Gasteiger partial charge in [0.05, 0.1) is 18.3 Å². The van der Waals surface area contributed by atoms with Crippen LogP contribution in [0.2, 0.25) is 0 Å². The molecule has 0 atom stereocenters. The normalized spacial score (nSPS) is 23.2. The van der Waals surface area contributed by atoms with Crippen molar-refractivity contribution in [3.05, 3.63) is 12.2 Å². The Morgan fingerprint density at radius 3 is 2.35 bits per heavy atom. The first-order chi connectivity index (χ1) is 9.59. The molecule has 0 N–H and O–H groups in total. The second-order valence-electron chi connectivity index (χ2n) is 6.57. The first-order valence-corrected chi connectivity index (χ1v) is 8.12. The lowest BCUT2D eigenvalue weighted by atomic mass is 9.86. The first-order valence-electron chi connectivity index (χ1n) is 8.12. The minimum Gasteiger partial charge on any atom is -0.456 e. The fourth-order valence-electron chi connectivity index (χ4n) is 3.21. The highest BCUT2D eigenvalue weighted by Crippen LogP contribution is 2.31. The van der Waals surface area contributed by atoms with Crippen molar-refractivity contribution in [3.63, 3.8) is 0 Å². The minimum absolute atomic E-state index is 0.273. The lowest BCUT2D eigenvalue weighted by molar-refractivity contribution is -0.157. The lowest BCUT2D eigenvalue weighted by Gasteiger charge is -2.33. The van der Waals surface area contributed by atoms with Gasteiger partial charge in [-0.15, -0.1) is 0 Å². The van der Waals surface area contributed by atoms with E-state index in [1.54, 1.807) is 0 Å². The van der Waals surface area contributed by atoms with Gasteiger partial charge in [-0.2, -0.15) is 0 Å². The van der Waals surface area contributed by atoms with Gasteiger partial charge in [-0.3, -0.25) is 0 Å².